The van der Waals surface area contributed by atoms with Crippen LogP contribution in [0.15, 0.2) is 4.52 Å². The molecule has 7 heteroatoms. The van der Waals surface area contributed by atoms with E-state index in [1.54, 1.807) is 0 Å². The molecule has 0 spiro atoms. The molecule has 5 nitrogen and oxygen atoms in total. The van der Waals surface area contributed by atoms with Crippen molar-refractivity contribution < 1.29 is 4.52 Å². The van der Waals surface area contributed by atoms with Gasteiger partial charge in [0.05, 0.1) is 11.4 Å². The topological polar surface area (TPSA) is 77.8 Å². The Kier molecular flexibility index (Phi) is 4.26. The second-order valence-corrected chi connectivity index (χ2v) is 7.37. The zero-order chi connectivity index (χ0) is 13.9. The summed E-state index contributed by atoms with van der Waals surface area (Å²) in [5.41, 5.74) is 6.54. The Balaban J connectivity index is 1.63. The monoisotopic (exact) mass is 310 g/mol. The van der Waals surface area contributed by atoms with Crippen molar-refractivity contribution in [3.63, 3.8) is 0 Å². The van der Waals surface area contributed by atoms with Crippen LogP contribution in [0.1, 0.15) is 43.6 Å². The van der Waals surface area contributed by atoms with Crippen LogP contribution in [0, 0.1) is 6.92 Å². The molecular weight excluding hydrogens is 292 g/mol. The maximum atomic E-state index is 5.69. The Labute approximate surface area is 126 Å². The summed E-state index contributed by atoms with van der Waals surface area (Å²) in [6.45, 7) is 1.91. The molecule has 1 saturated carbocycles. The van der Waals surface area contributed by atoms with Crippen molar-refractivity contribution >= 4 is 28.2 Å². The highest BCUT2D eigenvalue weighted by atomic mass is 32.2. The minimum Gasteiger partial charge on any atom is -0.375 e. The van der Waals surface area contributed by atoms with E-state index >= 15 is 0 Å². The Morgan fingerprint density at radius 2 is 2.10 bits per heavy atom. The van der Waals surface area contributed by atoms with Gasteiger partial charge in [-0.25, -0.2) is 4.98 Å². The maximum Gasteiger partial charge on any atom is 0.270 e. The molecule has 0 bridgehead atoms. The first-order valence-corrected chi connectivity index (χ1v) is 8.76. The second kappa shape index (κ2) is 6.13. The molecule has 1 fully saturated rings. The summed E-state index contributed by atoms with van der Waals surface area (Å²) >= 11 is 3.34. The molecule has 2 heterocycles. The molecule has 2 N–H and O–H groups in total. The number of aryl methyl sites for hydroxylation is 1. The van der Waals surface area contributed by atoms with E-state index < -0.39 is 0 Å². The van der Waals surface area contributed by atoms with Gasteiger partial charge in [-0.3, -0.25) is 0 Å². The zero-order valence-corrected chi connectivity index (χ0v) is 13.1. The van der Waals surface area contributed by atoms with E-state index in [0.29, 0.717) is 11.0 Å². The Morgan fingerprint density at radius 3 is 2.80 bits per heavy atom. The number of thiazole rings is 1. The van der Waals surface area contributed by atoms with E-state index in [9.17, 15) is 0 Å². The quantitative estimate of drug-likeness (QED) is 0.928. The molecule has 3 rings (SSSR count). The number of hydrogen-bond donors (Lipinski definition) is 1. The van der Waals surface area contributed by atoms with Crippen molar-refractivity contribution in [2.24, 2.45) is 0 Å². The summed E-state index contributed by atoms with van der Waals surface area (Å²) < 4.78 is 5.33. The van der Waals surface area contributed by atoms with Gasteiger partial charge in [-0.1, -0.05) is 35.8 Å². The molecule has 0 unspecified atom stereocenters. The summed E-state index contributed by atoms with van der Waals surface area (Å²) in [6, 6.07) is 0. The second-order valence-electron chi connectivity index (χ2n) is 5.05. The minimum atomic E-state index is 0.536. The maximum absolute atomic E-state index is 5.69. The number of nitrogens with two attached hydrogens (primary N) is 1. The molecule has 1 aliphatic carbocycles. The van der Waals surface area contributed by atoms with Gasteiger partial charge in [-0.05, 0) is 19.8 Å². The van der Waals surface area contributed by atoms with Crippen LogP contribution in [-0.4, -0.2) is 20.4 Å². The standard InChI is InChI=1S/C13H18N4OS2/c1-8-11(20-13(14)15-8)12-16-10(17-18-12)7-19-9-5-3-2-4-6-9/h9H,2-7H2,1H3,(H2,14,15). The summed E-state index contributed by atoms with van der Waals surface area (Å²) in [7, 11) is 0. The lowest BCUT2D eigenvalue weighted by molar-refractivity contribution is 0.425. The number of hydrogen-bond acceptors (Lipinski definition) is 7. The van der Waals surface area contributed by atoms with E-state index in [1.807, 2.05) is 18.7 Å². The highest BCUT2D eigenvalue weighted by molar-refractivity contribution is 7.99. The Morgan fingerprint density at radius 1 is 1.30 bits per heavy atom. The third-order valence-corrected chi connectivity index (χ3v) is 5.82. The molecule has 0 saturated heterocycles. The fourth-order valence-electron chi connectivity index (χ4n) is 2.44. The summed E-state index contributed by atoms with van der Waals surface area (Å²) in [4.78, 5) is 9.51. The Bertz CT molecular complexity index is 575. The van der Waals surface area contributed by atoms with Crippen LogP contribution < -0.4 is 5.73 Å². The van der Waals surface area contributed by atoms with Gasteiger partial charge >= 0.3 is 0 Å². The molecule has 2 aromatic rings. The van der Waals surface area contributed by atoms with E-state index in [-0.39, 0.29) is 0 Å². The predicted molar refractivity (Wildman–Crippen MR) is 82.7 cm³/mol. The first kappa shape index (κ1) is 13.9. The predicted octanol–water partition coefficient (Wildman–Crippen LogP) is 3.65. The molecule has 108 valence electrons. The zero-order valence-electron chi connectivity index (χ0n) is 11.5. The highest BCUT2D eigenvalue weighted by Crippen LogP contribution is 2.32. The third kappa shape index (κ3) is 3.15. The number of rotatable bonds is 4. The number of anilines is 1. The van der Waals surface area contributed by atoms with Gasteiger partial charge < -0.3 is 10.3 Å². The largest absolute Gasteiger partial charge is 0.375 e. The Hall–Kier alpha value is -1.08. The number of nitrogens with zero attached hydrogens (tertiary/aromatic N) is 3. The van der Waals surface area contributed by atoms with Crippen molar-refractivity contribution in [3.8, 4) is 10.8 Å². The third-order valence-electron chi connectivity index (χ3n) is 3.48. The van der Waals surface area contributed by atoms with Crippen LogP contribution in [-0.2, 0) is 5.75 Å². The first-order chi connectivity index (χ1) is 9.72. The van der Waals surface area contributed by atoms with E-state index in [2.05, 4.69) is 15.1 Å². The first-order valence-electron chi connectivity index (χ1n) is 6.90. The van der Waals surface area contributed by atoms with Gasteiger partial charge in [0.1, 0.15) is 4.88 Å². The van der Waals surface area contributed by atoms with Gasteiger partial charge in [-0.15, -0.1) is 0 Å². The van der Waals surface area contributed by atoms with E-state index in [4.69, 9.17) is 10.3 Å². The van der Waals surface area contributed by atoms with Crippen LogP contribution in [0.25, 0.3) is 10.8 Å². The molecule has 0 radical (unpaired) electrons. The average molecular weight is 310 g/mol. The number of aromatic nitrogens is 3. The smallest absolute Gasteiger partial charge is 0.270 e. The van der Waals surface area contributed by atoms with Gasteiger partial charge in [0.2, 0.25) is 0 Å². The van der Waals surface area contributed by atoms with Crippen molar-refractivity contribution in [2.75, 3.05) is 5.73 Å². The average Bonchev–Trinajstić information content (AvgIpc) is 3.04. The van der Waals surface area contributed by atoms with Crippen molar-refractivity contribution in [1.82, 2.24) is 15.1 Å². The molecule has 0 aromatic carbocycles. The summed E-state index contributed by atoms with van der Waals surface area (Å²) in [5, 5.41) is 5.35. The highest BCUT2D eigenvalue weighted by Gasteiger charge is 2.18. The van der Waals surface area contributed by atoms with Crippen LogP contribution in [0.5, 0.6) is 0 Å². The lowest BCUT2D eigenvalue weighted by Crippen LogP contribution is -2.08. The minimum absolute atomic E-state index is 0.536. The van der Waals surface area contributed by atoms with Crippen molar-refractivity contribution in [2.45, 2.75) is 50.0 Å². The van der Waals surface area contributed by atoms with E-state index in [1.165, 1.54) is 43.4 Å². The molecular formula is C13H18N4OS2. The molecule has 2 aromatic heterocycles. The molecule has 0 amide bonds. The van der Waals surface area contributed by atoms with Crippen molar-refractivity contribution in [1.29, 1.82) is 0 Å². The molecule has 1 aliphatic rings. The van der Waals surface area contributed by atoms with Crippen LogP contribution in [0.2, 0.25) is 0 Å². The van der Waals surface area contributed by atoms with Gasteiger partial charge in [0.15, 0.2) is 11.0 Å². The normalized spacial score (nSPS) is 16.6. The van der Waals surface area contributed by atoms with E-state index in [0.717, 1.165) is 27.4 Å². The lowest BCUT2D eigenvalue weighted by Gasteiger charge is -2.19. The van der Waals surface area contributed by atoms with Gasteiger partial charge in [0, 0.05) is 5.25 Å². The molecule has 0 aliphatic heterocycles. The SMILES string of the molecule is Cc1nc(N)sc1-c1nc(CSC2CCCCC2)no1. The fourth-order valence-corrected chi connectivity index (χ4v) is 4.37. The van der Waals surface area contributed by atoms with Crippen LogP contribution in [0.4, 0.5) is 5.13 Å². The fraction of sp³-hybridized carbons (Fsp3) is 0.615. The van der Waals surface area contributed by atoms with Gasteiger partial charge in [-0.2, -0.15) is 16.7 Å². The lowest BCUT2D eigenvalue weighted by atomic mass is 10.0. The molecule has 20 heavy (non-hydrogen) atoms. The summed E-state index contributed by atoms with van der Waals surface area (Å²) in [5.74, 6) is 2.12. The molecule has 0 atom stereocenters. The number of thioether (sulfide) groups is 1. The summed E-state index contributed by atoms with van der Waals surface area (Å²) in [6.07, 6.45) is 6.73. The van der Waals surface area contributed by atoms with Crippen molar-refractivity contribution in [3.05, 3.63) is 11.5 Å². The number of nitrogen functional groups attached to an aromatic ring is 1. The van der Waals surface area contributed by atoms with Gasteiger partial charge in [0.25, 0.3) is 5.89 Å². The van der Waals surface area contributed by atoms with Crippen LogP contribution in [0.3, 0.4) is 0 Å². The van der Waals surface area contributed by atoms with Crippen LogP contribution >= 0.6 is 23.1 Å².